The van der Waals surface area contributed by atoms with Crippen molar-refractivity contribution in [3.8, 4) is 22.2 Å². The van der Waals surface area contributed by atoms with E-state index in [1.807, 2.05) is 12.1 Å². The first-order valence-corrected chi connectivity index (χ1v) is 11.9. The molecule has 0 N–H and O–H groups in total. The van der Waals surface area contributed by atoms with Gasteiger partial charge in [-0.3, -0.25) is 4.31 Å². The summed E-state index contributed by atoms with van der Waals surface area (Å²) in [5.74, 6) is 0.487. The highest BCUT2D eigenvalue weighted by Crippen LogP contribution is 2.35. The van der Waals surface area contributed by atoms with E-state index in [0.29, 0.717) is 27.0 Å². The number of anilines is 1. The van der Waals surface area contributed by atoms with Gasteiger partial charge in [0.1, 0.15) is 9.77 Å². The van der Waals surface area contributed by atoms with Crippen molar-refractivity contribution in [1.82, 2.24) is 10.1 Å². The van der Waals surface area contributed by atoms with Crippen molar-refractivity contribution in [2.75, 3.05) is 11.4 Å². The van der Waals surface area contributed by atoms with Crippen molar-refractivity contribution in [3.63, 3.8) is 0 Å². The molecule has 0 amide bonds. The van der Waals surface area contributed by atoms with Crippen LogP contribution >= 0.6 is 22.9 Å². The third-order valence-electron chi connectivity index (χ3n) is 4.68. The Labute approximate surface area is 183 Å². The lowest BCUT2D eigenvalue weighted by atomic mass is 10.1. The van der Waals surface area contributed by atoms with Crippen LogP contribution in [-0.2, 0) is 16.4 Å². The van der Waals surface area contributed by atoms with Crippen LogP contribution in [0.4, 0.5) is 5.69 Å². The summed E-state index contributed by atoms with van der Waals surface area (Å²) in [5, 5.41) is 6.23. The van der Waals surface area contributed by atoms with Gasteiger partial charge in [0.2, 0.25) is 5.82 Å². The summed E-state index contributed by atoms with van der Waals surface area (Å²) in [5.41, 5.74) is 2.40. The second-order valence-electron chi connectivity index (χ2n) is 6.54. The molecule has 0 atom stereocenters. The van der Waals surface area contributed by atoms with Gasteiger partial charge in [-0.15, -0.1) is 11.3 Å². The fourth-order valence-corrected chi connectivity index (χ4v) is 5.65. The summed E-state index contributed by atoms with van der Waals surface area (Å²) < 4.78 is 33.2. The molecule has 2 aromatic carbocycles. The van der Waals surface area contributed by atoms with Crippen LogP contribution in [0.15, 0.2) is 69.4 Å². The Balaban J connectivity index is 1.69. The molecular weight excluding hydrogens is 442 g/mol. The van der Waals surface area contributed by atoms with Crippen LogP contribution in [0.2, 0.25) is 5.02 Å². The van der Waals surface area contributed by atoms with Gasteiger partial charge in [0.05, 0.1) is 5.69 Å². The zero-order valence-electron chi connectivity index (χ0n) is 16.2. The summed E-state index contributed by atoms with van der Waals surface area (Å²) in [6.07, 6.45) is 0.886. The van der Waals surface area contributed by atoms with E-state index in [0.717, 1.165) is 12.0 Å². The molecule has 30 heavy (non-hydrogen) atoms. The maximum atomic E-state index is 13.3. The summed E-state index contributed by atoms with van der Waals surface area (Å²) >= 11 is 7.26. The topological polar surface area (TPSA) is 76.3 Å². The lowest BCUT2D eigenvalue weighted by molar-refractivity contribution is 0.432. The van der Waals surface area contributed by atoms with Crippen LogP contribution in [0.5, 0.6) is 0 Å². The smallest absolute Gasteiger partial charge is 0.269 e. The van der Waals surface area contributed by atoms with Crippen molar-refractivity contribution in [3.05, 3.63) is 70.6 Å². The summed E-state index contributed by atoms with van der Waals surface area (Å²) in [6, 6.07) is 16.0. The van der Waals surface area contributed by atoms with Gasteiger partial charge < -0.3 is 4.52 Å². The highest BCUT2D eigenvalue weighted by atomic mass is 35.5. The fraction of sp³-hybridized carbons (Fsp3) is 0.143. The molecule has 0 radical (unpaired) electrons. The van der Waals surface area contributed by atoms with Gasteiger partial charge in [0.25, 0.3) is 15.9 Å². The van der Waals surface area contributed by atoms with Crippen LogP contribution in [0.1, 0.15) is 12.5 Å². The lowest BCUT2D eigenvalue weighted by Gasteiger charge is -2.19. The highest BCUT2D eigenvalue weighted by Gasteiger charge is 2.28. The summed E-state index contributed by atoms with van der Waals surface area (Å²) in [7, 11) is -2.28. The van der Waals surface area contributed by atoms with Crippen molar-refractivity contribution in [2.24, 2.45) is 0 Å². The average molecular weight is 460 g/mol. The predicted molar refractivity (Wildman–Crippen MR) is 119 cm³/mol. The van der Waals surface area contributed by atoms with Crippen molar-refractivity contribution in [1.29, 1.82) is 0 Å². The van der Waals surface area contributed by atoms with Crippen LogP contribution in [0.25, 0.3) is 22.2 Å². The third kappa shape index (κ3) is 3.86. The van der Waals surface area contributed by atoms with E-state index >= 15 is 0 Å². The summed E-state index contributed by atoms with van der Waals surface area (Å²) in [4.78, 5) is 4.90. The second kappa shape index (κ2) is 8.22. The molecule has 9 heteroatoms. The quantitative estimate of drug-likeness (QED) is 0.380. The van der Waals surface area contributed by atoms with Gasteiger partial charge >= 0.3 is 0 Å². The van der Waals surface area contributed by atoms with E-state index in [1.165, 1.54) is 22.7 Å². The zero-order chi connectivity index (χ0) is 21.3. The fourth-order valence-electron chi connectivity index (χ4n) is 2.94. The number of benzene rings is 2. The largest absolute Gasteiger partial charge is 0.333 e. The number of thiophene rings is 1. The van der Waals surface area contributed by atoms with Gasteiger partial charge in [-0.1, -0.05) is 47.9 Å². The highest BCUT2D eigenvalue weighted by molar-refractivity contribution is 7.93. The Kier molecular flexibility index (Phi) is 5.64. The van der Waals surface area contributed by atoms with Crippen LogP contribution in [-0.4, -0.2) is 25.6 Å². The molecule has 0 saturated heterocycles. The van der Waals surface area contributed by atoms with Crippen LogP contribution in [0, 0.1) is 0 Å². The maximum absolute atomic E-state index is 13.3. The molecule has 0 aliphatic carbocycles. The predicted octanol–water partition coefficient (Wildman–Crippen LogP) is 5.51. The van der Waals surface area contributed by atoms with Crippen molar-refractivity contribution in [2.45, 2.75) is 18.2 Å². The number of halogens is 1. The Morgan fingerprint density at radius 1 is 1.13 bits per heavy atom. The molecule has 0 aliphatic heterocycles. The average Bonchev–Trinajstić information content (AvgIpc) is 3.43. The van der Waals surface area contributed by atoms with Gasteiger partial charge in [-0.2, -0.15) is 4.98 Å². The van der Waals surface area contributed by atoms with Gasteiger partial charge in [-0.05, 0) is 47.7 Å². The molecule has 4 aromatic rings. The maximum Gasteiger partial charge on any atom is 0.269 e. The van der Waals surface area contributed by atoms with E-state index in [-0.39, 0.29) is 10.8 Å². The lowest BCUT2D eigenvalue weighted by Crippen LogP contribution is -2.26. The molecule has 0 aliphatic rings. The van der Waals surface area contributed by atoms with E-state index in [4.69, 9.17) is 16.1 Å². The molecule has 154 valence electrons. The molecule has 2 aromatic heterocycles. The molecule has 0 bridgehead atoms. The van der Waals surface area contributed by atoms with Gasteiger partial charge in [0.15, 0.2) is 0 Å². The first-order valence-electron chi connectivity index (χ1n) is 9.15. The first-order chi connectivity index (χ1) is 14.4. The second-order valence-corrected chi connectivity index (χ2v) is 9.83. The van der Waals surface area contributed by atoms with E-state index in [2.05, 4.69) is 17.1 Å². The van der Waals surface area contributed by atoms with Crippen molar-refractivity contribution < 1.29 is 12.9 Å². The van der Waals surface area contributed by atoms with E-state index in [1.54, 1.807) is 47.8 Å². The molecule has 6 nitrogen and oxygen atoms in total. The van der Waals surface area contributed by atoms with E-state index in [9.17, 15) is 8.42 Å². The Hall–Kier alpha value is -2.68. The SMILES string of the molecule is CCc1ccc(N(C)S(=O)(=O)c2ccsc2-c2nc(-c3cccc(Cl)c3)no2)cc1. The van der Waals surface area contributed by atoms with Gasteiger partial charge in [-0.25, -0.2) is 8.42 Å². The molecule has 2 heterocycles. The number of hydrogen-bond acceptors (Lipinski definition) is 6. The standard InChI is InChI=1S/C21H18ClN3O3S2/c1-3-14-7-9-17(10-8-14)25(2)30(26,27)18-11-12-29-19(18)21-23-20(24-28-21)15-5-4-6-16(22)13-15/h4-13H,3H2,1-2H3. The molecule has 4 rings (SSSR count). The minimum Gasteiger partial charge on any atom is -0.333 e. The normalized spacial score (nSPS) is 11.6. The molecule has 0 spiro atoms. The molecular formula is C21H18ClN3O3S2. The molecule has 0 saturated carbocycles. The summed E-state index contributed by atoms with van der Waals surface area (Å²) in [6.45, 7) is 2.05. The van der Waals surface area contributed by atoms with Gasteiger partial charge in [0, 0.05) is 17.6 Å². The zero-order valence-corrected chi connectivity index (χ0v) is 18.6. The van der Waals surface area contributed by atoms with Crippen LogP contribution < -0.4 is 4.31 Å². The molecule has 0 unspecified atom stereocenters. The first kappa shape index (κ1) is 20.6. The van der Waals surface area contributed by atoms with Crippen molar-refractivity contribution >= 4 is 38.6 Å². The number of aryl methyl sites for hydroxylation is 1. The Morgan fingerprint density at radius 2 is 1.90 bits per heavy atom. The minimum atomic E-state index is -3.81. The Bertz CT molecular complexity index is 1280. The monoisotopic (exact) mass is 459 g/mol. The van der Waals surface area contributed by atoms with Crippen LogP contribution in [0.3, 0.4) is 0 Å². The van der Waals surface area contributed by atoms with E-state index < -0.39 is 10.0 Å². The number of hydrogen-bond donors (Lipinski definition) is 0. The minimum absolute atomic E-state index is 0.121. The number of aromatic nitrogens is 2. The Morgan fingerprint density at radius 3 is 2.60 bits per heavy atom. The third-order valence-corrected chi connectivity index (χ3v) is 7.77. The number of rotatable bonds is 6. The number of sulfonamides is 1. The molecule has 0 fully saturated rings. The number of nitrogens with zero attached hydrogens (tertiary/aromatic N) is 3.